The molecule has 0 spiro atoms. The molecule has 0 aliphatic heterocycles. The van der Waals surface area contributed by atoms with Crippen LogP contribution < -0.4 is 15.8 Å². The van der Waals surface area contributed by atoms with Crippen molar-refractivity contribution in [1.29, 1.82) is 0 Å². The minimum Gasteiger partial charge on any atom is -0.484 e. The molecule has 3 aliphatic carbocycles. The number of nitrogen functional groups attached to an aromatic ring is 1. The molecule has 4 heteroatoms. The maximum absolute atomic E-state index is 11.9. The van der Waals surface area contributed by atoms with Crippen LogP contribution in [0.4, 0.5) is 5.69 Å². The number of hydrogen-bond acceptors (Lipinski definition) is 3. The summed E-state index contributed by atoms with van der Waals surface area (Å²) < 4.78 is 5.48. The van der Waals surface area contributed by atoms with Crippen molar-refractivity contribution < 1.29 is 9.53 Å². The molecule has 4 rings (SSSR count). The van der Waals surface area contributed by atoms with E-state index in [1.165, 1.54) is 19.3 Å². The van der Waals surface area contributed by atoms with Crippen molar-refractivity contribution in [3.05, 3.63) is 24.3 Å². The van der Waals surface area contributed by atoms with Crippen LogP contribution in [0.3, 0.4) is 0 Å². The largest absolute Gasteiger partial charge is 0.484 e. The number of ether oxygens (including phenoxy) is 1. The molecular formula is C16H20N2O2. The summed E-state index contributed by atoms with van der Waals surface area (Å²) in [7, 11) is 0. The predicted octanol–water partition coefficient (Wildman–Crippen LogP) is 1.81. The fourth-order valence-electron chi connectivity index (χ4n) is 4.50. The van der Waals surface area contributed by atoms with Crippen molar-refractivity contribution in [3.8, 4) is 5.75 Å². The van der Waals surface area contributed by atoms with Crippen molar-refractivity contribution in [3.63, 3.8) is 0 Å². The average Bonchev–Trinajstić information content (AvgIpc) is 2.84. The number of anilines is 1. The van der Waals surface area contributed by atoms with E-state index >= 15 is 0 Å². The summed E-state index contributed by atoms with van der Waals surface area (Å²) in [6.45, 7) is 0.0781. The minimum absolute atomic E-state index is 0.00813. The Morgan fingerprint density at radius 2 is 2.05 bits per heavy atom. The van der Waals surface area contributed by atoms with Gasteiger partial charge in [0, 0.05) is 17.8 Å². The predicted molar refractivity (Wildman–Crippen MR) is 76.1 cm³/mol. The summed E-state index contributed by atoms with van der Waals surface area (Å²) in [5, 5.41) is 3.15. The van der Waals surface area contributed by atoms with Crippen LogP contribution in [0.5, 0.6) is 5.75 Å². The topological polar surface area (TPSA) is 64.3 Å². The summed E-state index contributed by atoms with van der Waals surface area (Å²) in [6, 6.07) is 7.60. The van der Waals surface area contributed by atoms with Crippen LogP contribution in [0.25, 0.3) is 0 Å². The van der Waals surface area contributed by atoms with Crippen LogP contribution in [0.2, 0.25) is 0 Å². The SMILES string of the molecule is Nc1cccc(OCC(=O)NC2C3C4CCC(C4)C23)c1. The number of hydrogen-bond donors (Lipinski definition) is 2. The summed E-state index contributed by atoms with van der Waals surface area (Å²) in [6.07, 6.45) is 4.15. The molecule has 1 aromatic carbocycles. The van der Waals surface area contributed by atoms with Gasteiger partial charge in [0.2, 0.25) is 0 Å². The second kappa shape index (κ2) is 4.40. The molecule has 2 bridgehead atoms. The molecule has 4 atom stereocenters. The number of rotatable bonds is 4. The number of nitrogens with two attached hydrogens (primary N) is 1. The molecule has 1 amide bonds. The number of benzene rings is 1. The molecule has 4 unspecified atom stereocenters. The minimum atomic E-state index is -0.00813. The van der Waals surface area contributed by atoms with Crippen LogP contribution in [-0.4, -0.2) is 18.6 Å². The van der Waals surface area contributed by atoms with Gasteiger partial charge in [-0.05, 0) is 55.1 Å². The van der Waals surface area contributed by atoms with Gasteiger partial charge in [-0.25, -0.2) is 0 Å². The molecule has 1 aromatic rings. The average molecular weight is 272 g/mol. The zero-order valence-corrected chi connectivity index (χ0v) is 11.4. The van der Waals surface area contributed by atoms with Crippen molar-refractivity contribution >= 4 is 11.6 Å². The standard InChI is InChI=1S/C16H20N2O2/c17-11-2-1-3-12(7-11)20-8-13(19)18-16-14-9-4-5-10(6-9)15(14)16/h1-3,7,9-10,14-16H,4-6,8,17H2,(H,18,19). The number of fused-ring (bicyclic) bond motifs is 5. The molecule has 3 fully saturated rings. The van der Waals surface area contributed by atoms with Crippen LogP contribution in [0, 0.1) is 23.7 Å². The van der Waals surface area contributed by atoms with E-state index in [0.29, 0.717) is 17.5 Å². The lowest BCUT2D eigenvalue weighted by Gasteiger charge is -2.11. The number of amides is 1. The molecule has 0 aromatic heterocycles. The number of carbonyl (C=O) groups is 1. The first-order chi connectivity index (χ1) is 9.72. The Kier molecular flexibility index (Phi) is 2.65. The molecule has 0 radical (unpaired) electrons. The van der Waals surface area contributed by atoms with Gasteiger partial charge in [-0.15, -0.1) is 0 Å². The van der Waals surface area contributed by atoms with Crippen molar-refractivity contribution in [2.24, 2.45) is 23.7 Å². The van der Waals surface area contributed by atoms with E-state index in [1.54, 1.807) is 12.1 Å². The highest BCUT2D eigenvalue weighted by molar-refractivity contribution is 5.78. The summed E-state index contributed by atoms with van der Waals surface area (Å²) in [5.41, 5.74) is 6.32. The van der Waals surface area contributed by atoms with Gasteiger partial charge in [-0.3, -0.25) is 4.79 Å². The lowest BCUT2D eigenvalue weighted by atomic mass is 10.0. The Hall–Kier alpha value is -1.71. The third-order valence-electron chi connectivity index (χ3n) is 5.29. The molecule has 0 heterocycles. The molecule has 106 valence electrons. The maximum atomic E-state index is 11.9. The third kappa shape index (κ3) is 1.94. The van der Waals surface area contributed by atoms with E-state index in [1.807, 2.05) is 12.1 Å². The quantitative estimate of drug-likeness (QED) is 0.822. The normalized spacial score (nSPS) is 36.5. The van der Waals surface area contributed by atoms with Crippen LogP contribution in [-0.2, 0) is 4.79 Å². The highest BCUT2D eigenvalue weighted by Gasteiger charge is 2.65. The lowest BCUT2D eigenvalue weighted by Crippen LogP contribution is -2.33. The van der Waals surface area contributed by atoms with Gasteiger partial charge in [-0.2, -0.15) is 0 Å². The number of carbonyl (C=O) groups excluding carboxylic acids is 1. The van der Waals surface area contributed by atoms with Gasteiger partial charge in [0.05, 0.1) is 0 Å². The van der Waals surface area contributed by atoms with Gasteiger partial charge in [0.1, 0.15) is 5.75 Å². The Balaban J connectivity index is 1.28. The zero-order valence-electron chi connectivity index (χ0n) is 11.4. The molecule has 20 heavy (non-hydrogen) atoms. The molecular weight excluding hydrogens is 252 g/mol. The zero-order chi connectivity index (χ0) is 13.7. The van der Waals surface area contributed by atoms with E-state index in [4.69, 9.17) is 10.5 Å². The highest BCUT2D eigenvalue weighted by atomic mass is 16.5. The Bertz CT molecular complexity index is 529. The first-order valence-electron chi connectivity index (χ1n) is 7.50. The van der Waals surface area contributed by atoms with Crippen molar-refractivity contribution in [2.45, 2.75) is 25.3 Å². The lowest BCUT2D eigenvalue weighted by molar-refractivity contribution is -0.123. The first kappa shape index (κ1) is 12.1. The van der Waals surface area contributed by atoms with Crippen LogP contribution >= 0.6 is 0 Å². The second-order valence-electron chi connectivity index (χ2n) is 6.44. The van der Waals surface area contributed by atoms with Crippen LogP contribution in [0.15, 0.2) is 24.3 Å². The Morgan fingerprint density at radius 3 is 2.75 bits per heavy atom. The maximum Gasteiger partial charge on any atom is 0.258 e. The van der Waals surface area contributed by atoms with E-state index in [-0.39, 0.29) is 12.5 Å². The molecule has 4 nitrogen and oxygen atoms in total. The second-order valence-corrected chi connectivity index (χ2v) is 6.44. The first-order valence-corrected chi connectivity index (χ1v) is 7.50. The Labute approximate surface area is 118 Å². The molecule has 3 aliphatic rings. The van der Waals surface area contributed by atoms with Gasteiger partial charge < -0.3 is 15.8 Å². The van der Waals surface area contributed by atoms with E-state index in [2.05, 4.69) is 5.32 Å². The van der Waals surface area contributed by atoms with E-state index in [0.717, 1.165) is 23.7 Å². The fraction of sp³-hybridized carbons (Fsp3) is 0.562. The molecule has 0 saturated heterocycles. The van der Waals surface area contributed by atoms with Crippen molar-refractivity contribution in [1.82, 2.24) is 5.32 Å². The van der Waals surface area contributed by atoms with Gasteiger partial charge in [0.15, 0.2) is 6.61 Å². The molecule has 3 N–H and O–H groups in total. The summed E-state index contributed by atoms with van der Waals surface area (Å²) in [4.78, 5) is 11.9. The van der Waals surface area contributed by atoms with Gasteiger partial charge >= 0.3 is 0 Å². The summed E-state index contributed by atoms with van der Waals surface area (Å²) in [5.74, 6) is 3.94. The van der Waals surface area contributed by atoms with Crippen LogP contribution in [0.1, 0.15) is 19.3 Å². The third-order valence-corrected chi connectivity index (χ3v) is 5.29. The fourth-order valence-corrected chi connectivity index (χ4v) is 4.50. The van der Waals surface area contributed by atoms with E-state index < -0.39 is 0 Å². The van der Waals surface area contributed by atoms with Crippen molar-refractivity contribution in [2.75, 3.05) is 12.3 Å². The smallest absolute Gasteiger partial charge is 0.258 e. The Morgan fingerprint density at radius 1 is 1.30 bits per heavy atom. The highest BCUT2D eigenvalue weighted by Crippen LogP contribution is 2.65. The van der Waals surface area contributed by atoms with Gasteiger partial charge in [0.25, 0.3) is 5.91 Å². The monoisotopic (exact) mass is 272 g/mol. The summed E-state index contributed by atoms with van der Waals surface area (Å²) >= 11 is 0. The molecule has 3 saturated carbocycles. The van der Waals surface area contributed by atoms with E-state index in [9.17, 15) is 4.79 Å². The van der Waals surface area contributed by atoms with Gasteiger partial charge in [-0.1, -0.05) is 6.07 Å². The number of nitrogens with one attached hydrogen (secondary N) is 1.